The van der Waals surface area contributed by atoms with Gasteiger partial charge in [0.25, 0.3) is 0 Å². The molecule has 1 N–H and O–H groups in total. The largest absolute Gasteiger partial charge is 0.481 e. The van der Waals surface area contributed by atoms with Crippen molar-refractivity contribution in [3.63, 3.8) is 0 Å². The van der Waals surface area contributed by atoms with Crippen LogP contribution in [0.25, 0.3) is 0 Å². The first-order valence-corrected chi connectivity index (χ1v) is 6.36. The molecule has 1 aliphatic carbocycles. The van der Waals surface area contributed by atoms with Gasteiger partial charge in [-0.05, 0) is 31.6 Å². The molecule has 1 heterocycles. The predicted molar refractivity (Wildman–Crippen MR) is 65.1 cm³/mol. The number of carbonyl (C=O) groups is 2. The van der Waals surface area contributed by atoms with Gasteiger partial charge in [-0.2, -0.15) is 0 Å². The van der Waals surface area contributed by atoms with Crippen molar-refractivity contribution in [2.24, 2.45) is 11.3 Å². The molecular formula is C13H19NO4. The number of carboxylic acids is 1. The number of carboxylic acid groups (broad SMARTS) is 1. The Kier molecular flexibility index (Phi) is 3.59. The van der Waals surface area contributed by atoms with Crippen molar-refractivity contribution in [2.75, 3.05) is 19.7 Å². The first kappa shape index (κ1) is 12.9. The van der Waals surface area contributed by atoms with E-state index in [2.05, 4.69) is 6.58 Å². The fourth-order valence-corrected chi connectivity index (χ4v) is 2.74. The van der Waals surface area contributed by atoms with Crippen LogP contribution in [0.1, 0.15) is 25.7 Å². The fourth-order valence-electron chi connectivity index (χ4n) is 2.74. The number of carbonyl (C=O) groups excluding carboxylic acids is 1. The molecule has 5 heteroatoms. The van der Waals surface area contributed by atoms with Crippen molar-refractivity contribution in [1.82, 2.24) is 4.90 Å². The summed E-state index contributed by atoms with van der Waals surface area (Å²) in [7, 11) is 0. The smallest absolute Gasteiger partial charge is 0.410 e. The van der Waals surface area contributed by atoms with Gasteiger partial charge in [0.2, 0.25) is 0 Å². The average Bonchev–Trinajstić information content (AvgIpc) is 3.20. The molecule has 0 unspecified atom stereocenters. The summed E-state index contributed by atoms with van der Waals surface area (Å²) in [5, 5.41) is 9.42. The second-order valence-corrected chi connectivity index (χ2v) is 5.09. The van der Waals surface area contributed by atoms with Gasteiger partial charge in [0.1, 0.15) is 6.61 Å². The van der Waals surface area contributed by atoms with Gasteiger partial charge < -0.3 is 14.7 Å². The Hall–Kier alpha value is -1.52. The summed E-state index contributed by atoms with van der Waals surface area (Å²) in [4.78, 5) is 24.7. The van der Waals surface area contributed by atoms with Gasteiger partial charge in [-0.3, -0.25) is 4.79 Å². The van der Waals surface area contributed by atoms with Crippen LogP contribution in [0.4, 0.5) is 4.79 Å². The summed E-state index contributed by atoms with van der Waals surface area (Å²) in [6.45, 7) is 4.62. The van der Waals surface area contributed by atoms with Gasteiger partial charge >= 0.3 is 12.1 Å². The third-order valence-electron chi connectivity index (χ3n) is 4.02. The normalized spacial score (nSPS) is 22.3. The summed E-state index contributed by atoms with van der Waals surface area (Å²) < 4.78 is 4.96. The Bertz CT molecular complexity index is 354. The fraction of sp³-hybridized carbons (Fsp3) is 0.692. The van der Waals surface area contributed by atoms with Gasteiger partial charge in [0, 0.05) is 13.1 Å². The number of likely N-dealkylation sites (tertiary alicyclic amines) is 1. The van der Waals surface area contributed by atoms with Crippen molar-refractivity contribution in [3.05, 3.63) is 12.7 Å². The highest BCUT2D eigenvalue weighted by Gasteiger charge is 2.52. The molecule has 2 fully saturated rings. The molecule has 1 amide bonds. The first-order valence-electron chi connectivity index (χ1n) is 6.36. The van der Waals surface area contributed by atoms with Crippen molar-refractivity contribution in [2.45, 2.75) is 25.7 Å². The Morgan fingerprint density at radius 1 is 1.39 bits per heavy atom. The summed E-state index contributed by atoms with van der Waals surface area (Å²) in [6.07, 6.45) is 4.24. The molecule has 0 radical (unpaired) electrons. The summed E-state index contributed by atoms with van der Waals surface area (Å²) in [5.74, 6) is -0.398. The van der Waals surface area contributed by atoms with Crippen LogP contribution in [0.3, 0.4) is 0 Å². The first-order chi connectivity index (χ1) is 8.60. The number of amides is 1. The zero-order valence-corrected chi connectivity index (χ0v) is 10.4. The maximum absolute atomic E-state index is 11.6. The van der Waals surface area contributed by atoms with Gasteiger partial charge in [0.05, 0.1) is 5.41 Å². The molecule has 2 rings (SSSR count). The van der Waals surface area contributed by atoms with Gasteiger partial charge in [0.15, 0.2) is 0 Å². The lowest BCUT2D eigenvalue weighted by Crippen LogP contribution is -2.47. The number of hydrogen-bond acceptors (Lipinski definition) is 3. The maximum atomic E-state index is 11.6. The third kappa shape index (κ3) is 2.35. The van der Waals surface area contributed by atoms with E-state index >= 15 is 0 Å². The Labute approximate surface area is 106 Å². The minimum atomic E-state index is -0.705. The van der Waals surface area contributed by atoms with E-state index in [4.69, 9.17) is 4.74 Å². The van der Waals surface area contributed by atoms with E-state index in [0.717, 1.165) is 12.8 Å². The highest BCUT2D eigenvalue weighted by atomic mass is 16.6. The van der Waals surface area contributed by atoms with E-state index in [1.165, 1.54) is 6.08 Å². The summed E-state index contributed by atoms with van der Waals surface area (Å²) >= 11 is 0. The number of nitrogens with zero attached hydrogens (tertiary/aromatic N) is 1. The number of rotatable bonds is 4. The molecule has 0 bridgehead atoms. The molecule has 100 valence electrons. The van der Waals surface area contributed by atoms with Crippen LogP contribution in [-0.2, 0) is 9.53 Å². The highest BCUT2D eigenvalue weighted by molar-refractivity contribution is 5.76. The SMILES string of the molecule is C=CCOC(=O)N1CCC(C(=O)O)(C2CC2)CC1. The second kappa shape index (κ2) is 5.00. The number of piperidine rings is 1. The number of hydrogen-bond donors (Lipinski definition) is 1. The van der Waals surface area contributed by atoms with Gasteiger partial charge in [-0.25, -0.2) is 4.79 Å². The van der Waals surface area contributed by atoms with E-state index in [9.17, 15) is 14.7 Å². The van der Waals surface area contributed by atoms with Gasteiger partial charge in [-0.15, -0.1) is 0 Å². The summed E-state index contributed by atoms with van der Waals surface area (Å²) in [5.41, 5.74) is -0.602. The molecule has 0 aromatic carbocycles. The lowest BCUT2D eigenvalue weighted by Gasteiger charge is -2.38. The molecule has 1 aliphatic heterocycles. The molecule has 2 aliphatic rings. The van der Waals surface area contributed by atoms with Gasteiger partial charge in [-0.1, -0.05) is 12.7 Å². The van der Waals surface area contributed by atoms with Crippen LogP contribution < -0.4 is 0 Å². The van der Waals surface area contributed by atoms with Crippen LogP contribution in [0.15, 0.2) is 12.7 Å². The van der Waals surface area contributed by atoms with Crippen molar-refractivity contribution < 1.29 is 19.4 Å². The summed E-state index contributed by atoms with van der Waals surface area (Å²) in [6, 6.07) is 0. The zero-order chi connectivity index (χ0) is 13.2. The van der Waals surface area contributed by atoms with E-state index in [-0.39, 0.29) is 12.7 Å². The number of ether oxygens (including phenoxy) is 1. The minimum absolute atomic E-state index is 0.196. The average molecular weight is 253 g/mol. The van der Waals surface area contributed by atoms with Crippen LogP contribution in [0.2, 0.25) is 0 Å². The molecule has 5 nitrogen and oxygen atoms in total. The lowest BCUT2D eigenvalue weighted by molar-refractivity contribution is -0.153. The molecule has 0 spiro atoms. The molecule has 0 aromatic rings. The zero-order valence-electron chi connectivity index (χ0n) is 10.4. The maximum Gasteiger partial charge on any atom is 0.410 e. The molecule has 1 saturated heterocycles. The van der Waals surface area contributed by atoms with Crippen LogP contribution in [0.5, 0.6) is 0 Å². The topological polar surface area (TPSA) is 66.8 Å². The Morgan fingerprint density at radius 3 is 2.44 bits per heavy atom. The van der Waals surface area contributed by atoms with E-state index < -0.39 is 11.4 Å². The van der Waals surface area contributed by atoms with E-state index in [1.807, 2.05) is 0 Å². The Morgan fingerprint density at radius 2 is 2.00 bits per heavy atom. The molecule has 1 saturated carbocycles. The molecule has 0 atom stereocenters. The van der Waals surface area contributed by atoms with E-state index in [0.29, 0.717) is 31.8 Å². The van der Waals surface area contributed by atoms with Crippen LogP contribution in [0, 0.1) is 11.3 Å². The molecule has 0 aromatic heterocycles. The van der Waals surface area contributed by atoms with Crippen LogP contribution in [-0.4, -0.2) is 41.8 Å². The third-order valence-corrected chi connectivity index (χ3v) is 4.02. The quantitative estimate of drug-likeness (QED) is 0.777. The van der Waals surface area contributed by atoms with Crippen LogP contribution >= 0.6 is 0 Å². The number of aliphatic carboxylic acids is 1. The van der Waals surface area contributed by atoms with Crippen molar-refractivity contribution in [1.29, 1.82) is 0 Å². The second-order valence-electron chi connectivity index (χ2n) is 5.09. The monoisotopic (exact) mass is 253 g/mol. The lowest BCUT2D eigenvalue weighted by atomic mass is 9.74. The Balaban J connectivity index is 1.92. The highest BCUT2D eigenvalue weighted by Crippen LogP contribution is 2.51. The standard InChI is InChI=1S/C13H19NO4/c1-2-9-18-12(17)14-7-5-13(6-8-14,11(15)16)10-3-4-10/h2,10H,1,3-9H2,(H,15,16). The predicted octanol–water partition coefficient (Wildman–Crippen LogP) is 1.89. The molecule has 18 heavy (non-hydrogen) atoms. The minimum Gasteiger partial charge on any atom is -0.481 e. The van der Waals surface area contributed by atoms with Crippen molar-refractivity contribution in [3.8, 4) is 0 Å². The van der Waals surface area contributed by atoms with E-state index in [1.54, 1.807) is 4.90 Å². The molecular weight excluding hydrogens is 234 g/mol. The van der Waals surface area contributed by atoms with Crippen molar-refractivity contribution >= 4 is 12.1 Å².